The Morgan fingerprint density at radius 1 is 1.61 bits per heavy atom. The third-order valence-electron chi connectivity index (χ3n) is 2.43. The highest BCUT2D eigenvalue weighted by Crippen LogP contribution is 2.19. The van der Waals surface area contributed by atoms with Gasteiger partial charge in [0.2, 0.25) is 0 Å². The number of aliphatic imine (C=N–C) groups is 1. The van der Waals surface area contributed by atoms with Gasteiger partial charge in [0.15, 0.2) is 0 Å². The molecule has 5 nitrogen and oxygen atoms in total. The number of amides is 1. The van der Waals surface area contributed by atoms with Gasteiger partial charge in [0, 0.05) is 12.7 Å². The zero-order chi connectivity index (χ0) is 13.8. The first kappa shape index (κ1) is 15.3. The van der Waals surface area contributed by atoms with Crippen molar-refractivity contribution in [2.75, 3.05) is 6.54 Å². The summed E-state index contributed by atoms with van der Waals surface area (Å²) in [7, 11) is 0. The fourth-order valence-corrected chi connectivity index (χ4v) is 1.87. The maximum atomic E-state index is 12.0. The minimum Gasteiger partial charge on any atom is -0.444 e. The molecule has 1 amide bonds. The Morgan fingerprint density at radius 2 is 2.28 bits per heavy atom. The summed E-state index contributed by atoms with van der Waals surface area (Å²) in [5.41, 5.74) is -0.461. The Balaban J connectivity index is 2.59. The minimum absolute atomic E-state index is 0.0219. The fourth-order valence-electron chi connectivity index (χ4n) is 1.69. The molecule has 1 N–H and O–H groups in total. The van der Waals surface area contributed by atoms with Crippen molar-refractivity contribution in [1.29, 1.82) is 0 Å². The van der Waals surface area contributed by atoms with Crippen molar-refractivity contribution >= 4 is 35.4 Å². The maximum absolute atomic E-state index is 12.0. The molecule has 1 heterocycles. The largest absolute Gasteiger partial charge is 0.444 e. The second kappa shape index (κ2) is 6.40. The Labute approximate surface area is 122 Å². The Bertz CT molecular complexity index is 350. The van der Waals surface area contributed by atoms with E-state index in [1.807, 2.05) is 20.8 Å². The van der Waals surface area contributed by atoms with Crippen LogP contribution >= 0.6 is 22.6 Å². The van der Waals surface area contributed by atoms with Gasteiger partial charge in [-0.3, -0.25) is 9.89 Å². The third kappa shape index (κ3) is 4.83. The van der Waals surface area contributed by atoms with Crippen LogP contribution in [0.4, 0.5) is 4.79 Å². The monoisotopic (exact) mass is 365 g/mol. The van der Waals surface area contributed by atoms with Gasteiger partial charge in [0.1, 0.15) is 15.5 Å². The lowest BCUT2D eigenvalue weighted by Gasteiger charge is -2.28. The van der Waals surface area contributed by atoms with E-state index in [0.717, 1.165) is 23.1 Å². The highest BCUT2D eigenvalue weighted by atomic mass is 127. The standard InChI is InChI=1S/C12H20IN3O2/c1-12(2,3)18-11(17)16-7-5-6-10(16)15-8-9(13)14-4/h8,10,15H,4-7H2,1-3H3/b9-8-. The first-order chi connectivity index (χ1) is 8.33. The Morgan fingerprint density at radius 3 is 2.83 bits per heavy atom. The van der Waals surface area contributed by atoms with Crippen LogP contribution in [0.5, 0.6) is 0 Å². The molecule has 102 valence electrons. The van der Waals surface area contributed by atoms with E-state index in [0.29, 0.717) is 0 Å². The lowest BCUT2D eigenvalue weighted by molar-refractivity contribution is 0.0211. The van der Waals surface area contributed by atoms with E-state index in [9.17, 15) is 4.79 Å². The quantitative estimate of drug-likeness (QED) is 0.475. The van der Waals surface area contributed by atoms with Gasteiger partial charge in [0.25, 0.3) is 0 Å². The van der Waals surface area contributed by atoms with Gasteiger partial charge in [0.05, 0.1) is 0 Å². The number of carbonyl (C=O) groups excluding carboxylic acids is 1. The highest BCUT2D eigenvalue weighted by molar-refractivity contribution is 14.1. The second-order valence-corrected chi connectivity index (χ2v) is 6.23. The number of halogens is 1. The molecule has 0 aromatic heterocycles. The molecule has 0 spiro atoms. The molecule has 0 aromatic rings. The van der Waals surface area contributed by atoms with Crippen molar-refractivity contribution < 1.29 is 9.53 Å². The van der Waals surface area contributed by atoms with Gasteiger partial charge < -0.3 is 10.1 Å². The van der Waals surface area contributed by atoms with E-state index in [1.165, 1.54) is 0 Å². The van der Waals surface area contributed by atoms with E-state index < -0.39 is 5.60 Å². The molecule has 0 saturated carbocycles. The lowest BCUT2D eigenvalue weighted by atomic mass is 10.2. The number of likely N-dealkylation sites (tertiary alicyclic amines) is 1. The molecular formula is C12H20IN3O2. The highest BCUT2D eigenvalue weighted by Gasteiger charge is 2.31. The number of nitrogens with zero attached hydrogens (tertiary/aromatic N) is 2. The van der Waals surface area contributed by atoms with E-state index in [1.54, 1.807) is 11.1 Å². The van der Waals surface area contributed by atoms with Gasteiger partial charge in [-0.15, -0.1) is 0 Å². The van der Waals surface area contributed by atoms with E-state index in [-0.39, 0.29) is 12.3 Å². The molecule has 0 aromatic carbocycles. The van der Waals surface area contributed by atoms with Crippen LogP contribution < -0.4 is 5.32 Å². The summed E-state index contributed by atoms with van der Waals surface area (Å²) in [5, 5.41) is 3.17. The normalized spacial score (nSPS) is 20.8. The second-order valence-electron chi connectivity index (χ2n) is 5.12. The minimum atomic E-state index is -0.461. The molecule has 18 heavy (non-hydrogen) atoms. The van der Waals surface area contributed by atoms with Crippen molar-refractivity contribution in [2.24, 2.45) is 4.99 Å². The van der Waals surface area contributed by atoms with Gasteiger partial charge in [-0.1, -0.05) is 0 Å². The molecule has 1 aliphatic heterocycles. The predicted molar refractivity (Wildman–Crippen MR) is 80.7 cm³/mol. The summed E-state index contributed by atoms with van der Waals surface area (Å²) in [6.45, 7) is 9.76. The SMILES string of the molecule is C=N/C(I)=C\NC1CCCN1C(=O)OC(C)(C)C. The maximum Gasteiger partial charge on any atom is 0.411 e. The predicted octanol–water partition coefficient (Wildman–Crippen LogP) is 2.87. The summed E-state index contributed by atoms with van der Waals surface area (Å²) in [5.74, 6) is 0. The van der Waals surface area contributed by atoms with Crippen LogP contribution in [0.3, 0.4) is 0 Å². The molecular weight excluding hydrogens is 345 g/mol. The third-order valence-corrected chi connectivity index (χ3v) is 3.08. The number of hydrogen-bond acceptors (Lipinski definition) is 4. The van der Waals surface area contributed by atoms with Crippen LogP contribution in [0, 0.1) is 0 Å². The van der Waals surface area contributed by atoms with E-state index >= 15 is 0 Å². The van der Waals surface area contributed by atoms with Crippen LogP contribution in [0.15, 0.2) is 14.9 Å². The van der Waals surface area contributed by atoms with Gasteiger partial charge in [-0.25, -0.2) is 4.79 Å². The molecule has 1 saturated heterocycles. The first-order valence-electron chi connectivity index (χ1n) is 5.91. The number of hydrogen-bond donors (Lipinski definition) is 1. The van der Waals surface area contributed by atoms with Crippen molar-refractivity contribution in [3.05, 3.63) is 9.90 Å². The summed E-state index contributed by atoms with van der Waals surface area (Å²) in [6.07, 6.45) is 3.36. The summed E-state index contributed by atoms with van der Waals surface area (Å²) in [4.78, 5) is 17.5. The zero-order valence-electron chi connectivity index (χ0n) is 11.1. The molecule has 0 radical (unpaired) electrons. The Kier molecular flexibility index (Phi) is 5.43. The molecule has 1 rings (SSSR count). The van der Waals surface area contributed by atoms with Crippen LogP contribution in [-0.4, -0.2) is 36.0 Å². The lowest BCUT2D eigenvalue weighted by Crippen LogP contribution is -2.45. The summed E-state index contributed by atoms with van der Waals surface area (Å²) in [6, 6.07) is 0. The molecule has 0 bridgehead atoms. The number of carbonyl (C=O) groups is 1. The molecule has 0 aliphatic carbocycles. The molecule has 1 unspecified atom stereocenters. The summed E-state index contributed by atoms with van der Waals surface area (Å²) >= 11 is 2.07. The van der Waals surface area contributed by atoms with Crippen LogP contribution in [0.1, 0.15) is 33.6 Å². The topological polar surface area (TPSA) is 53.9 Å². The molecule has 1 aliphatic rings. The van der Waals surface area contributed by atoms with Crippen LogP contribution in [0.2, 0.25) is 0 Å². The molecule has 6 heteroatoms. The average molecular weight is 365 g/mol. The zero-order valence-corrected chi connectivity index (χ0v) is 13.2. The van der Waals surface area contributed by atoms with Crippen molar-refractivity contribution in [1.82, 2.24) is 10.2 Å². The van der Waals surface area contributed by atoms with E-state index in [4.69, 9.17) is 4.74 Å². The van der Waals surface area contributed by atoms with Gasteiger partial charge in [-0.2, -0.15) is 0 Å². The van der Waals surface area contributed by atoms with E-state index in [2.05, 4.69) is 39.6 Å². The van der Waals surface area contributed by atoms with Gasteiger partial charge >= 0.3 is 6.09 Å². The van der Waals surface area contributed by atoms with Crippen LogP contribution in [-0.2, 0) is 4.74 Å². The first-order valence-corrected chi connectivity index (χ1v) is 6.99. The number of nitrogens with one attached hydrogen (secondary N) is 1. The van der Waals surface area contributed by atoms with Gasteiger partial charge in [-0.05, 0) is 62.9 Å². The molecule has 1 fully saturated rings. The molecule has 1 atom stereocenters. The smallest absolute Gasteiger partial charge is 0.411 e. The number of rotatable bonds is 3. The van der Waals surface area contributed by atoms with Crippen molar-refractivity contribution in [2.45, 2.75) is 45.4 Å². The van der Waals surface area contributed by atoms with Crippen molar-refractivity contribution in [3.63, 3.8) is 0 Å². The average Bonchev–Trinajstić information content (AvgIpc) is 2.71. The number of ether oxygens (including phenoxy) is 1. The van der Waals surface area contributed by atoms with Crippen LogP contribution in [0.25, 0.3) is 0 Å². The fraction of sp³-hybridized carbons (Fsp3) is 0.667. The Hall–Kier alpha value is -0.790. The summed E-state index contributed by atoms with van der Waals surface area (Å²) < 4.78 is 6.14. The van der Waals surface area contributed by atoms with Crippen molar-refractivity contribution in [3.8, 4) is 0 Å².